The lowest BCUT2D eigenvalue weighted by atomic mass is 9.86. The van der Waals surface area contributed by atoms with E-state index in [9.17, 15) is 30.3 Å². The number of ether oxygens (including phenoxy) is 2. The van der Waals surface area contributed by atoms with E-state index in [1.165, 1.54) is 25.3 Å². The summed E-state index contributed by atoms with van der Waals surface area (Å²) in [4.78, 5) is 12.6. The summed E-state index contributed by atoms with van der Waals surface area (Å²) in [5.41, 5.74) is 0.516. The highest BCUT2D eigenvalue weighted by molar-refractivity contribution is 6.01. The lowest BCUT2D eigenvalue weighted by Crippen LogP contribution is -2.34. The maximum Gasteiger partial charge on any atom is 0.170 e. The van der Waals surface area contributed by atoms with Crippen LogP contribution in [0, 0.1) is 5.92 Å². The number of aryl methyl sites for hydroxylation is 1. The quantitative estimate of drug-likeness (QED) is 0.402. The number of methoxy groups -OCH3 is 1. The third-order valence-corrected chi connectivity index (χ3v) is 5.53. The number of hydrogen-bond donors (Lipinski definition) is 5. The van der Waals surface area contributed by atoms with Crippen molar-refractivity contribution in [1.82, 2.24) is 0 Å². The summed E-state index contributed by atoms with van der Waals surface area (Å²) in [5.74, 6) is -0.838. The van der Waals surface area contributed by atoms with Gasteiger partial charge in [0.15, 0.2) is 17.3 Å². The molecular weight excluding hydrogens is 404 g/mol. The van der Waals surface area contributed by atoms with Gasteiger partial charge in [0.05, 0.1) is 13.2 Å². The number of ketones is 1. The average molecular weight is 432 g/mol. The number of rotatable bonds is 8. The van der Waals surface area contributed by atoms with Crippen LogP contribution in [0.4, 0.5) is 0 Å². The van der Waals surface area contributed by atoms with Crippen molar-refractivity contribution >= 4 is 5.78 Å². The van der Waals surface area contributed by atoms with Crippen LogP contribution in [0.3, 0.4) is 0 Å². The van der Waals surface area contributed by atoms with E-state index in [0.717, 1.165) is 0 Å². The van der Waals surface area contributed by atoms with Gasteiger partial charge in [-0.1, -0.05) is 6.07 Å². The van der Waals surface area contributed by atoms with Crippen molar-refractivity contribution in [3.8, 4) is 28.7 Å². The zero-order valence-corrected chi connectivity index (χ0v) is 17.3. The number of aromatic hydroxyl groups is 3. The summed E-state index contributed by atoms with van der Waals surface area (Å²) < 4.78 is 10.8. The average Bonchev–Trinajstić information content (AvgIpc) is 2.71. The van der Waals surface area contributed by atoms with Gasteiger partial charge in [-0.3, -0.25) is 4.79 Å². The smallest absolute Gasteiger partial charge is 0.170 e. The van der Waals surface area contributed by atoms with Gasteiger partial charge < -0.3 is 35.0 Å². The Hall–Kier alpha value is -2.97. The minimum atomic E-state index is -0.587. The molecule has 0 aliphatic heterocycles. The van der Waals surface area contributed by atoms with Crippen molar-refractivity contribution in [1.29, 1.82) is 0 Å². The van der Waals surface area contributed by atoms with Gasteiger partial charge in [-0.05, 0) is 42.9 Å². The summed E-state index contributed by atoms with van der Waals surface area (Å²) in [6, 6.07) is 7.35. The number of carbonyl (C=O) groups excluding carboxylic acids is 1. The first-order valence-electron chi connectivity index (χ1n) is 10.2. The molecule has 8 nitrogen and oxygen atoms in total. The zero-order chi connectivity index (χ0) is 22.5. The largest absolute Gasteiger partial charge is 0.507 e. The molecule has 31 heavy (non-hydrogen) atoms. The molecule has 0 heterocycles. The van der Waals surface area contributed by atoms with Crippen molar-refractivity contribution in [3.05, 3.63) is 41.5 Å². The normalized spacial score (nSPS) is 20.9. The maximum atomic E-state index is 12.6. The van der Waals surface area contributed by atoms with E-state index in [1.54, 1.807) is 12.1 Å². The highest BCUT2D eigenvalue weighted by atomic mass is 16.5. The highest BCUT2D eigenvalue weighted by Gasteiger charge is 2.29. The van der Waals surface area contributed by atoms with Gasteiger partial charge in [0.1, 0.15) is 28.9 Å². The van der Waals surface area contributed by atoms with Crippen molar-refractivity contribution in [2.75, 3.05) is 13.7 Å². The first kappa shape index (κ1) is 22.7. The molecule has 0 saturated heterocycles. The molecule has 0 radical (unpaired) electrons. The molecule has 2 aromatic rings. The summed E-state index contributed by atoms with van der Waals surface area (Å²) in [6.07, 6.45) is 0.792. The monoisotopic (exact) mass is 432 g/mol. The molecule has 0 amide bonds. The molecule has 3 rings (SSSR count). The van der Waals surface area contributed by atoms with Gasteiger partial charge in [0, 0.05) is 31.6 Å². The van der Waals surface area contributed by atoms with Crippen LogP contribution in [0.25, 0.3) is 0 Å². The number of phenols is 3. The van der Waals surface area contributed by atoms with Crippen LogP contribution in [0.2, 0.25) is 0 Å². The Bertz CT molecular complexity index is 903. The number of aliphatic hydroxyl groups excluding tert-OH is 2. The van der Waals surface area contributed by atoms with Gasteiger partial charge in [-0.2, -0.15) is 0 Å². The Balaban J connectivity index is 1.66. The van der Waals surface area contributed by atoms with E-state index < -0.39 is 23.4 Å². The molecule has 2 aromatic carbocycles. The fourth-order valence-corrected chi connectivity index (χ4v) is 4.00. The molecule has 3 atom stereocenters. The van der Waals surface area contributed by atoms with E-state index in [0.29, 0.717) is 37.0 Å². The van der Waals surface area contributed by atoms with Gasteiger partial charge in [0.2, 0.25) is 0 Å². The molecule has 3 unspecified atom stereocenters. The molecule has 8 heteroatoms. The third kappa shape index (κ3) is 5.59. The Morgan fingerprint density at radius 2 is 1.74 bits per heavy atom. The third-order valence-electron chi connectivity index (χ3n) is 5.53. The summed E-state index contributed by atoms with van der Waals surface area (Å²) in [5, 5.41) is 49.8. The number of carbonyl (C=O) groups is 1. The zero-order valence-electron chi connectivity index (χ0n) is 17.3. The Kier molecular flexibility index (Phi) is 7.25. The van der Waals surface area contributed by atoms with Crippen LogP contribution in [0.1, 0.15) is 41.6 Å². The van der Waals surface area contributed by atoms with Gasteiger partial charge in [0.25, 0.3) is 0 Å². The fourth-order valence-electron chi connectivity index (χ4n) is 4.00. The predicted molar refractivity (Wildman–Crippen MR) is 112 cm³/mol. The SMILES string of the molecule is COc1ccc(CCC(=O)c2c(O)cc(OC3CC(O)CC(CO)C3)cc2O)cc1O. The maximum absolute atomic E-state index is 12.6. The second-order valence-electron chi connectivity index (χ2n) is 7.92. The Morgan fingerprint density at radius 3 is 2.35 bits per heavy atom. The molecule has 0 aromatic heterocycles. The molecule has 1 aliphatic carbocycles. The van der Waals surface area contributed by atoms with E-state index in [2.05, 4.69) is 0 Å². The second kappa shape index (κ2) is 9.89. The summed E-state index contributed by atoms with van der Waals surface area (Å²) >= 11 is 0. The van der Waals surface area contributed by atoms with E-state index >= 15 is 0 Å². The lowest BCUT2D eigenvalue weighted by Gasteiger charge is -2.31. The Labute approximate surface area is 180 Å². The fraction of sp³-hybridized carbons (Fsp3) is 0.435. The van der Waals surface area contributed by atoms with E-state index in [1.807, 2.05) is 0 Å². The number of Topliss-reactive ketones (excluding diaryl/α,β-unsaturated/α-hetero) is 1. The highest BCUT2D eigenvalue weighted by Crippen LogP contribution is 2.36. The Morgan fingerprint density at radius 1 is 1.03 bits per heavy atom. The summed E-state index contributed by atoms with van der Waals surface area (Å²) in [6.45, 7) is -0.0488. The van der Waals surface area contributed by atoms with Gasteiger partial charge in [-0.25, -0.2) is 0 Å². The van der Waals surface area contributed by atoms with E-state index in [4.69, 9.17) is 9.47 Å². The standard InChI is InChI=1S/C23H28O8/c1-30-22-5-3-13(8-19(22)27)2-4-18(26)23-20(28)10-17(11-21(23)29)31-16-7-14(12-24)6-15(25)9-16/h3,5,8,10-11,14-16,24-25,27-29H,2,4,6-7,9,12H2,1H3. The van der Waals surface area contributed by atoms with Gasteiger partial charge >= 0.3 is 0 Å². The van der Waals surface area contributed by atoms with Crippen molar-refractivity contribution in [2.45, 2.75) is 44.3 Å². The molecule has 168 valence electrons. The van der Waals surface area contributed by atoms with Crippen LogP contribution in [0.5, 0.6) is 28.7 Å². The molecule has 0 bridgehead atoms. The number of phenolic OH excluding ortho intramolecular Hbond substituents is 3. The van der Waals surface area contributed by atoms with Crippen LogP contribution in [0.15, 0.2) is 30.3 Å². The molecule has 5 N–H and O–H groups in total. The number of benzene rings is 2. The topological polar surface area (TPSA) is 137 Å². The van der Waals surface area contributed by atoms with Gasteiger partial charge in [-0.15, -0.1) is 0 Å². The van der Waals surface area contributed by atoms with Crippen LogP contribution in [-0.4, -0.2) is 57.2 Å². The lowest BCUT2D eigenvalue weighted by molar-refractivity contribution is 0.0105. The first-order valence-corrected chi connectivity index (χ1v) is 10.2. The predicted octanol–water partition coefficient (Wildman–Crippen LogP) is 2.53. The minimum absolute atomic E-state index is 0.0140. The van der Waals surface area contributed by atoms with Crippen LogP contribution < -0.4 is 9.47 Å². The van der Waals surface area contributed by atoms with Crippen molar-refractivity contribution < 1.29 is 39.8 Å². The summed E-state index contributed by atoms with van der Waals surface area (Å²) in [7, 11) is 1.44. The van der Waals surface area contributed by atoms with Crippen molar-refractivity contribution in [3.63, 3.8) is 0 Å². The van der Waals surface area contributed by atoms with Crippen molar-refractivity contribution in [2.24, 2.45) is 5.92 Å². The van der Waals surface area contributed by atoms with E-state index in [-0.39, 0.29) is 42.1 Å². The molecular formula is C23H28O8. The van der Waals surface area contributed by atoms with Crippen LogP contribution in [-0.2, 0) is 6.42 Å². The number of hydrogen-bond acceptors (Lipinski definition) is 8. The first-order chi connectivity index (χ1) is 14.8. The molecule has 0 spiro atoms. The second-order valence-corrected chi connectivity index (χ2v) is 7.92. The molecule has 1 saturated carbocycles. The molecule has 1 fully saturated rings. The van der Waals surface area contributed by atoms with Crippen LogP contribution >= 0.6 is 0 Å². The minimum Gasteiger partial charge on any atom is -0.507 e. The molecule has 1 aliphatic rings. The number of aliphatic hydroxyl groups is 2.